The Bertz CT molecular complexity index is 957. The maximum Gasteiger partial charge on any atom is 0.241 e. The predicted octanol–water partition coefficient (Wildman–Crippen LogP) is 0.916. The highest BCUT2D eigenvalue weighted by Crippen LogP contribution is 2.21. The molecule has 1 N–H and O–H groups in total. The van der Waals surface area contributed by atoms with Crippen LogP contribution in [0.2, 0.25) is 0 Å². The quantitative estimate of drug-likeness (QED) is 0.849. The molecule has 0 aliphatic carbocycles. The molecule has 0 bridgehead atoms. The Morgan fingerprint density at radius 3 is 2.77 bits per heavy atom. The highest BCUT2D eigenvalue weighted by molar-refractivity contribution is 7.89. The summed E-state index contributed by atoms with van der Waals surface area (Å²) in [4.78, 5) is 13.9. The lowest BCUT2D eigenvalue weighted by Gasteiger charge is -2.32. The summed E-state index contributed by atoms with van der Waals surface area (Å²) in [5.41, 5.74) is 0.221. The van der Waals surface area contributed by atoms with E-state index in [0.717, 1.165) is 11.9 Å². The number of hydrogen-bond donors (Lipinski definition) is 1. The first kappa shape index (κ1) is 18.5. The summed E-state index contributed by atoms with van der Waals surface area (Å²) < 4.78 is 42.2. The molecule has 26 heavy (non-hydrogen) atoms. The van der Waals surface area contributed by atoms with Crippen molar-refractivity contribution in [1.82, 2.24) is 24.4 Å². The number of rotatable bonds is 4. The molecule has 10 heteroatoms. The average Bonchev–Trinajstić information content (AvgIpc) is 2.96. The van der Waals surface area contributed by atoms with Gasteiger partial charge in [0.2, 0.25) is 15.9 Å². The number of nitrogens with one attached hydrogen (secondary N) is 1. The van der Waals surface area contributed by atoms with Gasteiger partial charge in [-0.15, -0.1) is 10.2 Å². The number of aromatic nitrogens is 3. The van der Waals surface area contributed by atoms with E-state index in [1.807, 2.05) is 18.4 Å². The van der Waals surface area contributed by atoms with Crippen LogP contribution >= 0.6 is 0 Å². The molecule has 1 amide bonds. The van der Waals surface area contributed by atoms with Gasteiger partial charge in [-0.2, -0.15) is 0 Å². The molecule has 2 aromatic rings. The minimum Gasteiger partial charge on any atom is -0.332 e. The van der Waals surface area contributed by atoms with Crippen LogP contribution in [0.3, 0.4) is 0 Å². The number of fused-ring (bicyclic) bond motifs is 1. The first-order chi connectivity index (χ1) is 12.2. The zero-order valence-electron chi connectivity index (χ0n) is 14.7. The van der Waals surface area contributed by atoms with Crippen LogP contribution in [0.15, 0.2) is 23.1 Å². The van der Waals surface area contributed by atoms with Gasteiger partial charge in [-0.3, -0.25) is 4.79 Å². The van der Waals surface area contributed by atoms with Crippen LogP contribution in [0.4, 0.5) is 4.39 Å². The monoisotopic (exact) mass is 381 g/mol. The molecule has 0 radical (unpaired) electrons. The van der Waals surface area contributed by atoms with Gasteiger partial charge in [0, 0.05) is 6.54 Å². The Kier molecular flexibility index (Phi) is 4.80. The van der Waals surface area contributed by atoms with E-state index in [2.05, 4.69) is 14.9 Å². The Morgan fingerprint density at radius 1 is 1.35 bits per heavy atom. The van der Waals surface area contributed by atoms with Crippen LogP contribution in [-0.4, -0.2) is 47.1 Å². The molecule has 1 aliphatic heterocycles. The van der Waals surface area contributed by atoms with E-state index in [1.54, 1.807) is 4.90 Å². The first-order valence-electron chi connectivity index (χ1n) is 8.13. The van der Waals surface area contributed by atoms with E-state index in [9.17, 15) is 17.6 Å². The van der Waals surface area contributed by atoms with E-state index in [1.165, 1.54) is 19.1 Å². The molecule has 1 unspecified atom stereocenters. The zero-order chi connectivity index (χ0) is 19.1. The molecule has 3 rings (SSSR count). The van der Waals surface area contributed by atoms with Gasteiger partial charge in [0.05, 0.1) is 24.0 Å². The number of halogens is 1. The average molecular weight is 381 g/mol. The van der Waals surface area contributed by atoms with Crippen LogP contribution in [0.5, 0.6) is 0 Å². The smallest absolute Gasteiger partial charge is 0.241 e. The highest BCUT2D eigenvalue weighted by Gasteiger charge is 2.28. The lowest BCUT2D eigenvalue weighted by molar-refractivity contribution is -0.131. The predicted molar refractivity (Wildman–Crippen MR) is 91.2 cm³/mol. The molecule has 2 heterocycles. The van der Waals surface area contributed by atoms with Crippen LogP contribution in [0, 0.1) is 19.7 Å². The first-order valence-corrected chi connectivity index (χ1v) is 9.61. The fourth-order valence-corrected chi connectivity index (χ4v) is 4.12. The highest BCUT2D eigenvalue weighted by atomic mass is 32.2. The summed E-state index contributed by atoms with van der Waals surface area (Å²) in [5.74, 6) is 0.617. The maximum atomic E-state index is 13.3. The molecule has 1 aromatic heterocycles. The van der Waals surface area contributed by atoms with Crippen molar-refractivity contribution < 1.29 is 17.6 Å². The van der Waals surface area contributed by atoms with Crippen molar-refractivity contribution in [3.8, 4) is 0 Å². The molecule has 1 atom stereocenters. The van der Waals surface area contributed by atoms with Crippen molar-refractivity contribution in [2.24, 2.45) is 0 Å². The Balaban J connectivity index is 1.68. The molecule has 0 saturated carbocycles. The second kappa shape index (κ2) is 6.76. The molecule has 0 fully saturated rings. The third kappa shape index (κ3) is 3.47. The Labute approximate surface area is 151 Å². The number of carbonyl (C=O) groups excluding carboxylic acids is 1. The minimum atomic E-state index is -3.90. The Morgan fingerprint density at radius 2 is 2.08 bits per heavy atom. The van der Waals surface area contributed by atoms with Gasteiger partial charge in [0.25, 0.3) is 0 Å². The second-order valence-corrected chi connectivity index (χ2v) is 8.16. The Hall–Kier alpha value is -2.33. The number of benzene rings is 1. The zero-order valence-corrected chi connectivity index (χ0v) is 15.5. The topological polar surface area (TPSA) is 97.2 Å². The van der Waals surface area contributed by atoms with Crippen molar-refractivity contribution in [3.63, 3.8) is 0 Å². The van der Waals surface area contributed by atoms with Gasteiger partial charge in [-0.05, 0) is 44.5 Å². The van der Waals surface area contributed by atoms with Crippen molar-refractivity contribution >= 4 is 15.9 Å². The van der Waals surface area contributed by atoms with Gasteiger partial charge in [0.15, 0.2) is 5.82 Å². The SMILES string of the molecule is Cc1cc(S(=O)(=O)NCC(=O)N2Cc3nnc(C)n3C(C)C2)ccc1F. The van der Waals surface area contributed by atoms with Crippen molar-refractivity contribution in [2.75, 3.05) is 13.1 Å². The summed E-state index contributed by atoms with van der Waals surface area (Å²) in [5, 5.41) is 8.07. The van der Waals surface area contributed by atoms with Gasteiger partial charge in [-0.1, -0.05) is 0 Å². The molecule has 8 nitrogen and oxygen atoms in total. The summed E-state index contributed by atoms with van der Waals surface area (Å²) in [6.07, 6.45) is 0. The number of amides is 1. The normalized spacial score (nSPS) is 17.2. The summed E-state index contributed by atoms with van der Waals surface area (Å²) in [7, 11) is -3.90. The molecular weight excluding hydrogens is 361 g/mol. The molecular formula is C16H20FN5O3S. The summed E-state index contributed by atoms with van der Waals surface area (Å²) in [6.45, 7) is 5.63. The fourth-order valence-electron chi connectivity index (χ4n) is 3.06. The third-order valence-electron chi connectivity index (χ3n) is 4.40. The molecule has 1 aromatic carbocycles. The van der Waals surface area contributed by atoms with Crippen molar-refractivity contribution in [1.29, 1.82) is 0 Å². The standard InChI is InChI=1S/C16H20FN5O3S/c1-10-6-13(4-5-14(10)17)26(24,25)18-7-16(23)21-8-11(2)22-12(3)19-20-15(22)9-21/h4-6,11,18H,7-9H2,1-3H3. The van der Waals surface area contributed by atoms with E-state index in [4.69, 9.17) is 0 Å². The van der Waals surface area contributed by atoms with Crippen LogP contribution < -0.4 is 4.72 Å². The summed E-state index contributed by atoms with van der Waals surface area (Å²) in [6, 6.07) is 3.50. The number of aryl methyl sites for hydroxylation is 2. The number of carbonyl (C=O) groups is 1. The van der Waals surface area contributed by atoms with Gasteiger partial charge in [-0.25, -0.2) is 17.5 Å². The van der Waals surface area contributed by atoms with E-state index < -0.39 is 15.8 Å². The fraction of sp³-hybridized carbons (Fsp3) is 0.438. The summed E-state index contributed by atoms with van der Waals surface area (Å²) >= 11 is 0. The molecule has 0 saturated heterocycles. The van der Waals surface area contributed by atoms with Crippen LogP contribution in [0.1, 0.15) is 30.2 Å². The largest absolute Gasteiger partial charge is 0.332 e. The minimum absolute atomic E-state index is 0.00838. The second-order valence-electron chi connectivity index (χ2n) is 6.39. The van der Waals surface area contributed by atoms with Crippen LogP contribution in [0.25, 0.3) is 0 Å². The third-order valence-corrected chi connectivity index (χ3v) is 5.80. The van der Waals surface area contributed by atoms with Gasteiger partial charge >= 0.3 is 0 Å². The molecule has 1 aliphatic rings. The van der Waals surface area contributed by atoms with Crippen molar-refractivity contribution in [2.45, 2.75) is 38.3 Å². The van der Waals surface area contributed by atoms with Crippen LogP contribution in [-0.2, 0) is 21.4 Å². The molecule has 0 spiro atoms. The molecule has 140 valence electrons. The lowest BCUT2D eigenvalue weighted by atomic mass is 10.2. The number of sulfonamides is 1. The lowest BCUT2D eigenvalue weighted by Crippen LogP contribution is -2.45. The number of nitrogens with zero attached hydrogens (tertiary/aromatic N) is 4. The van der Waals surface area contributed by atoms with Gasteiger partial charge < -0.3 is 9.47 Å². The van der Waals surface area contributed by atoms with Gasteiger partial charge in [0.1, 0.15) is 11.6 Å². The number of hydrogen-bond acceptors (Lipinski definition) is 5. The van der Waals surface area contributed by atoms with E-state index >= 15 is 0 Å². The van der Waals surface area contributed by atoms with Crippen molar-refractivity contribution in [3.05, 3.63) is 41.2 Å². The van der Waals surface area contributed by atoms with E-state index in [0.29, 0.717) is 12.4 Å². The van der Waals surface area contributed by atoms with E-state index in [-0.39, 0.29) is 35.5 Å². The maximum absolute atomic E-state index is 13.3.